The summed E-state index contributed by atoms with van der Waals surface area (Å²) in [5.74, 6) is 0. The number of hydrogen-bond acceptors (Lipinski definition) is 1. The maximum Gasteiger partial charge on any atom is 0.0574 e. The third kappa shape index (κ3) is 8.23. The summed E-state index contributed by atoms with van der Waals surface area (Å²) >= 11 is 0. The molecule has 0 aliphatic heterocycles. The van der Waals surface area contributed by atoms with Gasteiger partial charge in [-0.25, -0.2) is 0 Å². The molecule has 2 nitrogen and oxygen atoms in total. The fourth-order valence-electron chi connectivity index (χ4n) is 9.79. The first kappa shape index (κ1) is 44.4. The van der Waals surface area contributed by atoms with Crippen LogP contribution in [-0.4, -0.2) is 11.6 Å². The lowest BCUT2D eigenvalue weighted by Crippen LogP contribution is -2.14. The molecule has 2 heteroatoms. The molecular weight excluding hydrogens is 785 g/mol. The van der Waals surface area contributed by atoms with Crippen molar-refractivity contribution in [3.63, 3.8) is 0 Å². The normalized spacial score (nSPS) is 12.3. The number of hydrogen-bond donors (Lipinski definition) is 1. The molecule has 0 radical (unpaired) electrons. The molecule has 9 aromatic carbocycles. The van der Waals surface area contributed by atoms with Crippen LogP contribution >= 0.6 is 0 Å². The van der Waals surface area contributed by atoms with Gasteiger partial charge < -0.3 is 10.3 Å². The summed E-state index contributed by atoms with van der Waals surface area (Å²) in [4.78, 5) is 0. The van der Waals surface area contributed by atoms with Crippen LogP contribution in [0.3, 0.4) is 0 Å². The Bertz CT molecular complexity index is 3240. The molecule has 0 spiro atoms. The van der Waals surface area contributed by atoms with E-state index in [-0.39, 0.29) is 5.41 Å². The largest absolute Gasteiger partial charge is 0.336 e. The first-order valence-corrected chi connectivity index (χ1v) is 23.3. The van der Waals surface area contributed by atoms with Crippen molar-refractivity contribution in [3.05, 3.63) is 235 Å². The predicted octanol–water partition coefficient (Wildman–Crippen LogP) is 17.0. The molecular formula is C63H60N2. The molecule has 1 aliphatic carbocycles. The van der Waals surface area contributed by atoms with Crippen molar-refractivity contribution >= 4 is 38.2 Å². The molecule has 1 heterocycles. The van der Waals surface area contributed by atoms with Crippen LogP contribution in [0.25, 0.3) is 82.7 Å². The zero-order chi connectivity index (χ0) is 45.5. The Kier molecular flexibility index (Phi) is 13.4. The number of para-hydroxylation sites is 1. The fourth-order valence-corrected chi connectivity index (χ4v) is 9.79. The molecule has 0 fully saturated rings. The SMILES string of the molecule is CC.CC.CC1(C)c2ccccc2-c2cc(-c3cccc(-c4cccc5c6c7ccccc7ccc6n(C/C=C(\c6ccccc6)c6ccc(-c7ccccc7)cc6)c45)c3)ccc21.CN. The quantitative estimate of drug-likeness (QED) is 0.170. The molecule has 11 rings (SSSR count). The van der Waals surface area contributed by atoms with Crippen molar-refractivity contribution < 1.29 is 0 Å². The smallest absolute Gasteiger partial charge is 0.0574 e. The van der Waals surface area contributed by atoms with Crippen molar-refractivity contribution in [2.75, 3.05) is 7.05 Å². The van der Waals surface area contributed by atoms with Crippen LogP contribution in [0, 0.1) is 0 Å². The van der Waals surface area contributed by atoms with E-state index in [9.17, 15) is 0 Å². The van der Waals surface area contributed by atoms with Crippen LogP contribution in [0.4, 0.5) is 0 Å². The maximum absolute atomic E-state index is 4.50. The van der Waals surface area contributed by atoms with E-state index in [1.807, 2.05) is 27.7 Å². The summed E-state index contributed by atoms with van der Waals surface area (Å²) in [5.41, 5.74) is 23.5. The van der Waals surface area contributed by atoms with Crippen molar-refractivity contribution in [1.82, 2.24) is 4.57 Å². The average Bonchev–Trinajstić information content (AvgIpc) is 3.84. The zero-order valence-corrected chi connectivity index (χ0v) is 38.9. The number of fused-ring (bicyclic) bond motifs is 8. The van der Waals surface area contributed by atoms with Crippen molar-refractivity contribution in [2.24, 2.45) is 5.73 Å². The van der Waals surface area contributed by atoms with E-state index >= 15 is 0 Å². The minimum atomic E-state index is -0.0139. The van der Waals surface area contributed by atoms with Gasteiger partial charge in [0, 0.05) is 28.3 Å². The summed E-state index contributed by atoms with van der Waals surface area (Å²) in [5, 5.41) is 5.12. The summed E-state index contributed by atoms with van der Waals surface area (Å²) in [6, 6.07) is 75.9. The van der Waals surface area contributed by atoms with Gasteiger partial charge in [0.15, 0.2) is 0 Å². The van der Waals surface area contributed by atoms with Crippen molar-refractivity contribution in [3.8, 4) is 44.5 Å². The van der Waals surface area contributed by atoms with Crippen LogP contribution in [-0.2, 0) is 12.0 Å². The molecule has 0 amide bonds. The van der Waals surface area contributed by atoms with Gasteiger partial charge in [0.05, 0.1) is 11.0 Å². The third-order valence-corrected chi connectivity index (χ3v) is 12.7. The molecule has 1 aliphatic rings. The van der Waals surface area contributed by atoms with E-state index in [0.717, 1.165) is 0 Å². The highest BCUT2D eigenvalue weighted by Crippen LogP contribution is 2.50. The summed E-state index contributed by atoms with van der Waals surface area (Å²) in [6.45, 7) is 13.4. The zero-order valence-electron chi connectivity index (χ0n) is 38.9. The molecule has 0 saturated heterocycles. The summed E-state index contributed by atoms with van der Waals surface area (Å²) < 4.78 is 2.55. The van der Waals surface area contributed by atoms with Gasteiger partial charge in [0.2, 0.25) is 0 Å². The van der Waals surface area contributed by atoms with E-state index in [2.05, 4.69) is 236 Å². The molecule has 0 atom stereocenters. The predicted molar refractivity (Wildman–Crippen MR) is 284 cm³/mol. The maximum atomic E-state index is 4.50. The van der Waals surface area contributed by atoms with Gasteiger partial charge in [-0.15, -0.1) is 0 Å². The number of rotatable bonds is 7. The topological polar surface area (TPSA) is 30.9 Å². The van der Waals surface area contributed by atoms with Crippen LogP contribution in [0.1, 0.15) is 63.8 Å². The van der Waals surface area contributed by atoms with Crippen LogP contribution in [0.2, 0.25) is 0 Å². The van der Waals surface area contributed by atoms with E-state index in [4.69, 9.17) is 0 Å². The summed E-state index contributed by atoms with van der Waals surface area (Å²) in [7, 11) is 1.50. The van der Waals surface area contributed by atoms with Crippen molar-refractivity contribution in [2.45, 2.75) is 53.5 Å². The van der Waals surface area contributed by atoms with E-state index in [1.165, 1.54) is 112 Å². The highest BCUT2D eigenvalue weighted by Gasteiger charge is 2.35. The van der Waals surface area contributed by atoms with Crippen LogP contribution in [0.5, 0.6) is 0 Å². The molecule has 0 saturated carbocycles. The first-order chi connectivity index (χ1) is 32.0. The van der Waals surface area contributed by atoms with Gasteiger partial charge in [-0.05, 0) is 103 Å². The standard InChI is InChI=1S/C58H43N.2C2H6.CH5N/c1-58(2)53-26-12-11-23-50(53)52-38-45(31-33-54(52)58)44-20-13-21-46(37-44)49-24-14-25-51-56-48-22-10-9-19-42(48)32-34-55(56)59(57(49)51)36-35-47(41-17-7-4-8-18-41)43-29-27-40(28-30-43)39-15-5-3-6-16-39;3*1-2/h3-35,37-38H,36H2,1-2H3;2*1-2H3;2H2,1H3/b47-35+;;;. The minimum absolute atomic E-state index is 0.0139. The van der Waals surface area contributed by atoms with Gasteiger partial charge >= 0.3 is 0 Å². The Morgan fingerprint density at radius 3 is 1.75 bits per heavy atom. The number of nitrogens with two attached hydrogens (primary N) is 1. The highest BCUT2D eigenvalue weighted by molar-refractivity contribution is 6.22. The Morgan fingerprint density at radius 1 is 0.446 bits per heavy atom. The van der Waals surface area contributed by atoms with Gasteiger partial charge in [0.25, 0.3) is 0 Å². The Labute approximate surface area is 386 Å². The molecule has 0 unspecified atom stereocenters. The first-order valence-electron chi connectivity index (χ1n) is 23.3. The second kappa shape index (κ2) is 19.6. The van der Waals surface area contributed by atoms with Gasteiger partial charge in [0.1, 0.15) is 0 Å². The van der Waals surface area contributed by atoms with E-state index in [1.54, 1.807) is 0 Å². The van der Waals surface area contributed by atoms with Crippen molar-refractivity contribution in [1.29, 1.82) is 0 Å². The highest BCUT2D eigenvalue weighted by atomic mass is 15.0. The molecule has 322 valence electrons. The monoisotopic (exact) mass is 844 g/mol. The summed E-state index contributed by atoms with van der Waals surface area (Å²) in [6.07, 6.45) is 2.43. The number of allylic oxidation sites excluding steroid dienone is 1. The molecule has 10 aromatic rings. The molecule has 0 bridgehead atoms. The lowest BCUT2D eigenvalue weighted by molar-refractivity contribution is 0.660. The minimum Gasteiger partial charge on any atom is -0.336 e. The second-order valence-corrected chi connectivity index (χ2v) is 16.4. The number of nitrogens with zero attached hydrogens (tertiary/aromatic N) is 1. The van der Waals surface area contributed by atoms with Gasteiger partial charge in [-0.3, -0.25) is 0 Å². The van der Waals surface area contributed by atoms with Crippen LogP contribution in [0.15, 0.2) is 212 Å². The molecule has 1 aromatic heterocycles. The lowest BCUT2D eigenvalue weighted by Gasteiger charge is -2.21. The van der Waals surface area contributed by atoms with Gasteiger partial charge in [-0.1, -0.05) is 236 Å². The second-order valence-electron chi connectivity index (χ2n) is 16.4. The molecule has 2 N–H and O–H groups in total. The Hall–Kier alpha value is -7.26. The molecule has 65 heavy (non-hydrogen) atoms. The Morgan fingerprint density at radius 2 is 0.985 bits per heavy atom. The lowest BCUT2D eigenvalue weighted by atomic mass is 9.82. The number of aromatic nitrogens is 1. The van der Waals surface area contributed by atoms with Crippen LogP contribution < -0.4 is 5.73 Å². The van der Waals surface area contributed by atoms with E-state index < -0.39 is 0 Å². The van der Waals surface area contributed by atoms with Gasteiger partial charge in [-0.2, -0.15) is 0 Å². The average molecular weight is 845 g/mol. The Balaban J connectivity index is 0.000000924. The number of benzene rings is 9. The third-order valence-electron chi connectivity index (χ3n) is 12.7. The fraction of sp³-hybridized carbons (Fsp3) is 0.143. The van der Waals surface area contributed by atoms with E-state index in [0.29, 0.717) is 6.54 Å².